The third kappa shape index (κ3) is 3.09. The summed E-state index contributed by atoms with van der Waals surface area (Å²) in [6.45, 7) is 0.990. The molecule has 1 N–H and O–H groups in total. The molecule has 0 unspecified atom stereocenters. The maximum Gasteiger partial charge on any atom is 0.326 e. The van der Waals surface area contributed by atoms with Crippen molar-refractivity contribution in [2.24, 2.45) is 0 Å². The number of para-hydroxylation sites is 2. The number of benzene rings is 2. The predicted octanol–water partition coefficient (Wildman–Crippen LogP) is 2.95. The van der Waals surface area contributed by atoms with Crippen molar-refractivity contribution in [1.82, 2.24) is 14.5 Å². The number of rotatable bonds is 3. The van der Waals surface area contributed by atoms with Crippen LogP contribution in [-0.2, 0) is 0 Å². The fourth-order valence-corrected chi connectivity index (χ4v) is 3.78. The van der Waals surface area contributed by atoms with E-state index in [0.29, 0.717) is 31.7 Å². The number of amides is 1. The monoisotopic (exact) mass is 369 g/mol. The number of nitrogens with one attached hydrogen (secondary N) is 1. The van der Waals surface area contributed by atoms with Gasteiger partial charge in [-0.25, -0.2) is 9.18 Å². The van der Waals surface area contributed by atoms with E-state index in [0.717, 1.165) is 11.0 Å². The Balaban J connectivity index is 1.54. The number of aromatic nitrogens is 2. The average Bonchev–Trinajstić information content (AvgIpc) is 3.03. The molecule has 1 aliphatic rings. The number of likely N-dealkylation sites (tertiary alicyclic amines) is 1. The number of aromatic amines is 1. The number of methoxy groups -OCH3 is 1. The molecule has 1 aliphatic heterocycles. The topological polar surface area (TPSA) is 67.3 Å². The maximum absolute atomic E-state index is 13.6. The molecule has 3 aromatic rings. The van der Waals surface area contributed by atoms with E-state index in [9.17, 15) is 14.0 Å². The zero-order chi connectivity index (χ0) is 19.0. The molecular weight excluding hydrogens is 349 g/mol. The number of imidazole rings is 1. The SMILES string of the molecule is COc1ccc(F)cc1C(=O)N1CCC(n2c(=O)[nH]c3ccccc32)CC1. The van der Waals surface area contributed by atoms with Gasteiger partial charge in [-0.1, -0.05) is 12.1 Å². The lowest BCUT2D eigenvalue weighted by Crippen LogP contribution is -2.40. The molecule has 1 amide bonds. The molecule has 4 rings (SSSR count). The second kappa shape index (κ2) is 6.90. The van der Waals surface area contributed by atoms with Gasteiger partial charge < -0.3 is 14.6 Å². The van der Waals surface area contributed by atoms with Gasteiger partial charge in [-0.05, 0) is 43.2 Å². The molecule has 2 aromatic carbocycles. The summed E-state index contributed by atoms with van der Waals surface area (Å²) in [4.78, 5) is 29.7. The van der Waals surface area contributed by atoms with Crippen molar-refractivity contribution < 1.29 is 13.9 Å². The number of fused-ring (bicyclic) bond motifs is 1. The number of H-pyrrole nitrogens is 1. The fourth-order valence-electron chi connectivity index (χ4n) is 3.78. The Bertz CT molecular complexity index is 1050. The number of piperidine rings is 1. The van der Waals surface area contributed by atoms with Gasteiger partial charge in [0.25, 0.3) is 5.91 Å². The normalized spacial score (nSPS) is 15.3. The van der Waals surface area contributed by atoms with Crippen LogP contribution in [0, 0.1) is 5.82 Å². The summed E-state index contributed by atoms with van der Waals surface area (Å²) in [5.74, 6) is -0.369. The zero-order valence-corrected chi connectivity index (χ0v) is 14.9. The third-order valence-electron chi connectivity index (χ3n) is 5.13. The molecule has 140 valence electrons. The number of halogens is 1. The Morgan fingerprint density at radius 2 is 1.93 bits per heavy atom. The molecule has 1 aromatic heterocycles. The molecule has 0 radical (unpaired) electrons. The van der Waals surface area contributed by atoms with Gasteiger partial charge in [-0.15, -0.1) is 0 Å². The van der Waals surface area contributed by atoms with Crippen LogP contribution in [0.4, 0.5) is 4.39 Å². The van der Waals surface area contributed by atoms with Crippen LogP contribution < -0.4 is 10.4 Å². The molecule has 0 spiro atoms. The van der Waals surface area contributed by atoms with E-state index in [4.69, 9.17) is 4.74 Å². The van der Waals surface area contributed by atoms with Crippen molar-refractivity contribution in [3.63, 3.8) is 0 Å². The summed E-state index contributed by atoms with van der Waals surface area (Å²) in [7, 11) is 1.46. The highest BCUT2D eigenvalue weighted by Gasteiger charge is 2.28. The zero-order valence-electron chi connectivity index (χ0n) is 14.9. The van der Waals surface area contributed by atoms with Crippen LogP contribution in [0.2, 0.25) is 0 Å². The first-order valence-corrected chi connectivity index (χ1v) is 8.90. The largest absolute Gasteiger partial charge is 0.496 e. The van der Waals surface area contributed by atoms with E-state index in [2.05, 4.69) is 4.98 Å². The highest BCUT2D eigenvalue weighted by atomic mass is 19.1. The number of hydrogen-bond acceptors (Lipinski definition) is 3. The number of carbonyl (C=O) groups excluding carboxylic acids is 1. The molecule has 2 heterocycles. The van der Waals surface area contributed by atoms with Gasteiger partial charge in [0.1, 0.15) is 11.6 Å². The lowest BCUT2D eigenvalue weighted by molar-refractivity contribution is 0.0691. The summed E-state index contributed by atoms with van der Waals surface area (Å²) in [5, 5.41) is 0. The van der Waals surface area contributed by atoms with Crippen LogP contribution in [0.1, 0.15) is 29.2 Å². The van der Waals surface area contributed by atoms with Crippen molar-refractivity contribution >= 4 is 16.9 Å². The smallest absolute Gasteiger partial charge is 0.326 e. The number of carbonyl (C=O) groups is 1. The minimum atomic E-state index is -0.473. The average molecular weight is 369 g/mol. The first-order valence-electron chi connectivity index (χ1n) is 8.90. The highest BCUT2D eigenvalue weighted by Crippen LogP contribution is 2.27. The van der Waals surface area contributed by atoms with Crippen molar-refractivity contribution in [2.45, 2.75) is 18.9 Å². The third-order valence-corrected chi connectivity index (χ3v) is 5.13. The Hall–Kier alpha value is -3.09. The lowest BCUT2D eigenvalue weighted by atomic mass is 10.0. The van der Waals surface area contributed by atoms with Crippen LogP contribution in [0.3, 0.4) is 0 Å². The Labute approximate surface area is 155 Å². The Morgan fingerprint density at radius 3 is 2.67 bits per heavy atom. The van der Waals surface area contributed by atoms with E-state index < -0.39 is 5.82 Å². The van der Waals surface area contributed by atoms with E-state index in [1.54, 1.807) is 9.47 Å². The fraction of sp³-hybridized carbons (Fsp3) is 0.300. The number of nitrogens with zero attached hydrogens (tertiary/aromatic N) is 2. The molecule has 27 heavy (non-hydrogen) atoms. The predicted molar refractivity (Wildman–Crippen MR) is 99.7 cm³/mol. The second-order valence-corrected chi connectivity index (χ2v) is 6.69. The van der Waals surface area contributed by atoms with Crippen molar-refractivity contribution in [3.05, 3.63) is 64.3 Å². The van der Waals surface area contributed by atoms with Crippen LogP contribution in [0.5, 0.6) is 5.75 Å². The van der Waals surface area contributed by atoms with Crippen molar-refractivity contribution in [1.29, 1.82) is 0 Å². The van der Waals surface area contributed by atoms with Gasteiger partial charge in [-0.2, -0.15) is 0 Å². The molecule has 1 fully saturated rings. The second-order valence-electron chi connectivity index (χ2n) is 6.69. The van der Waals surface area contributed by atoms with Crippen LogP contribution in [0.25, 0.3) is 11.0 Å². The molecule has 0 aliphatic carbocycles. The van der Waals surface area contributed by atoms with Crippen molar-refractivity contribution in [3.8, 4) is 5.75 Å². The minimum absolute atomic E-state index is 0.0205. The van der Waals surface area contributed by atoms with Crippen LogP contribution >= 0.6 is 0 Å². The Kier molecular flexibility index (Phi) is 4.43. The first kappa shape index (κ1) is 17.3. The van der Waals surface area contributed by atoms with Gasteiger partial charge in [0.05, 0.1) is 23.7 Å². The molecule has 7 heteroatoms. The van der Waals surface area contributed by atoms with Gasteiger partial charge >= 0.3 is 5.69 Å². The summed E-state index contributed by atoms with van der Waals surface area (Å²) >= 11 is 0. The summed E-state index contributed by atoms with van der Waals surface area (Å²) in [6, 6.07) is 11.5. The summed E-state index contributed by atoms with van der Waals surface area (Å²) < 4.78 is 20.6. The van der Waals surface area contributed by atoms with E-state index in [1.807, 2.05) is 24.3 Å². The molecule has 0 bridgehead atoms. The molecule has 0 atom stereocenters. The summed E-state index contributed by atoms with van der Waals surface area (Å²) in [5.41, 5.74) is 1.78. The maximum atomic E-state index is 13.6. The van der Waals surface area contributed by atoms with Crippen LogP contribution in [0.15, 0.2) is 47.3 Å². The van der Waals surface area contributed by atoms with Crippen molar-refractivity contribution in [2.75, 3.05) is 20.2 Å². The standard InChI is InChI=1S/C20H20FN3O3/c1-27-18-7-6-13(21)12-15(18)19(25)23-10-8-14(9-11-23)24-17-5-3-2-4-16(17)22-20(24)26/h2-7,12,14H,8-11H2,1H3,(H,22,26). The quantitative estimate of drug-likeness (QED) is 0.772. The number of ether oxygens (including phenoxy) is 1. The molecule has 6 nitrogen and oxygen atoms in total. The number of hydrogen-bond donors (Lipinski definition) is 1. The molecule has 1 saturated heterocycles. The van der Waals surface area contributed by atoms with Gasteiger partial charge in [0, 0.05) is 19.1 Å². The lowest BCUT2D eigenvalue weighted by Gasteiger charge is -2.32. The minimum Gasteiger partial charge on any atom is -0.496 e. The van der Waals surface area contributed by atoms with Gasteiger partial charge in [-0.3, -0.25) is 9.36 Å². The van der Waals surface area contributed by atoms with E-state index in [-0.39, 0.29) is 23.2 Å². The molecule has 0 saturated carbocycles. The Morgan fingerprint density at radius 1 is 1.19 bits per heavy atom. The van der Waals surface area contributed by atoms with Gasteiger partial charge in [0.15, 0.2) is 0 Å². The summed E-state index contributed by atoms with van der Waals surface area (Å²) in [6.07, 6.45) is 1.32. The van der Waals surface area contributed by atoms with Gasteiger partial charge in [0.2, 0.25) is 0 Å². The van der Waals surface area contributed by atoms with E-state index in [1.165, 1.54) is 25.3 Å². The first-order chi connectivity index (χ1) is 13.1. The van der Waals surface area contributed by atoms with Crippen LogP contribution in [-0.4, -0.2) is 40.6 Å². The highest BCUT2D eigenvalue weighted by molar-refractivity contribution is 5.97. The molecular formula is C20H20FN3O3. The van der Waals surface area contributed by atoms with E-state index >= 15 is 0 Å².